The summed E-state index contributed by atoms with van der Waals surface area (Å²) >= 11 is 0. The number of rotatable bonds is 6. The number of nitrogens with zero attached hydrogens (tertiary/aromatic N) is 2. The van der Waals surface area contributed by atoms with Crippen molar-refractivity contribution in [2.45, 2.75) is 32.5 Å². The van der Waals surface area contributed by atoms with Crippen molar-refractivity contribution in [3.05, 3.63) is 78.1 Å². The van der Waals surface area contributed by atoms with Crippen LogP contribution in [0.15, 0.2) is 69.9 Å². The molecule has 0 spiro atoms. The van der Waals surface area contributed by atoms with Gasteiger partial charge in [0.2, 0.25) is 5.91 Å². The van der Waals surface area contributed by atoms with Crippen LogP contribution in [0.2, 0.25) is 0 Å². The molecule has 0 N–H and O–H groups in total. The highest BCUT2D eigenvalue weighted by Gasteiger charge is 2.31. The molecule has 0 bridgehead atoms. The number of para-hydroxylation sites is 1. The Morgan fingerprint density at radius 3 is 2.31 bits per heavy atom. The van der Waals surface area contributed by atoms with E-state index in [2.05, 4.69) is 13.0 Å². The Balaban J connectivity index is 1.52. The SMILES string of the molecule is CC1Cc2ccccc2N1C(=O)CN(Cc1ccco1)Cc1ccco1. The highest BCUT2D eigenvalue weighted by atomic mass is 16.3. The van der Waals surface area contributed by atoms with E-state index in [0.29, 0.717) is 19.6 Å². The predicted molar refractivity (Wildman–Crippen MR) is 98.6 cm³/mol. The van der Waals surface area contributed by atoms with Crippen LogP contribution in [0.3, 0.4) is 0 Å². The topological polar surface area (TPSA) is 49.8 Å². The van der Waals surface area contributed by atoms with E-state index in [0.717, 1.165) is 23.6 Å². The van der Waals surface area contributed by atoms with Crippen molar-refractivity contribution in [2.24, 2.45) is 0 Å². The molecule has 1 amide bonds. The minimum absolute atomic E-state index is 0.0977. The van der Waals surface area contributed by atoms with E-state index in [1.54, 1.807) is 12.5 Å². The highest BCUT2D eigenvalue weighted by molar-refractivity contribution is 5.97. The van der Waals surface area contributed by atoms with Crippen LogP contribution in [0.5, 0.6) is 0 Å². The van der Waals surface area contributed by atoms with Crippen molar-refractivity contribution in [2.75, 3.05) is 11.4 Å². The molecule has 1 aromatic carbocycles. The van der Waals surface area contributed by atoms with Gasteiger partial charge < -0.3 is 13.7 Å². The van der Waals surface area contributed by atoms with Crippen LogP contribution in [0.25, 0.3) is 0 Å². The molecule has 3 heterocycles. The molecule has 5 heteroatoms. The smallest absolute Gasteiger partial charge is 0.241 e. The maximum absolute atomic E-state index is 13.1. The second-order valence-corrected chi connectivity index (χ2v) is 6.75. The van der Waals surface area contributed by atoms with Gasteiger partial charge in [0.05, 0.1) is 32.2 Å². The highest BCUT2D eigenvalue weighted by Crippen LogP contribution is 2.32. The van der Waals surface area contributed by atoms with Crippen LogP contribution in [-0.2, 0) is 24.3 Å². The first-order valence-corrected chi connectivity index (χ1v) is 8.88. The molecule has 1 aliphatic rings. The van der Waals surface area contributed by atoms with E-state index in [1.165, 1.54) is 5.56 Å². The zero-order chi connectivity index (χ0) is 17.9. The molecule has 0 saturated carbocycles. The molecule has 1 unspecified atom stereocenters. The van der Waals surface area contributed by atoms with Crippen molar-refractivity contribution in [3.63, 3.8) is 0 Å². The van der Waals surface area contributed by atoms with Crippen LogP contribution >= 0.6 is 0 Å². The number of carbonyl (C=O) groups excluding carboxylic acids is 1. The Hall–Kier alpha value is -2.79. The fourth-order valence-corrected chi connectivity index (χ4v) is 3.63. The lowest BCUT2D eigenvalue weighted by atomic mass is 10.1. The van der Waals surface area contributed by atoms with Crippen molar-refractivity contribution < 1.29 is 13.6 Å². The third-order valence-corrected chi connectivity index (χ3v) is 4.75. The molecular weight excluding hydrogens is 328 g/mol. The monoisotopic (exact) mass is 350 g/mol. The zero-order valence-corrected chi connectivity index (χ0v) is 14.8. The third kappa shape index (κ3) is 3.44. The van der Waals surface area contributed by atoms with Gasteiger partial charge in [-0.05, 0) is 49.2 Å². The van der Waals surface area contributed by atoms with Crippen LogP contribution < -0.4 is 4.90 Å². The molecule has 26 heavy (non-hydrogen) atoms. The van der Waals surface area contributed by atoms with Crippen LogP contribution in [-0.4, -0.2) is 23.4 Å². The second kappa shape index (κ2) is 7.22. The first-order valence-electron chi connectivity index (χ1n) is 8.88. The van der Waals surface area contributed by atoms with E-state index in [-0.39, 0.29) is 11.9 Å². The molecule has 1 aliphatic heterocycles. The maximum Gasteiger partial charge on any atom is 0.241 e. The van der Waals surface area contributed by atoms with E-state index in [4.69, 9.17) is 8.83 Å². The minimum Gasteiger partial charge on any atom is -0.468 e. The lowest BCUT2D eigenvalue weighted by Crippen LogP contribution is -2.42. The molecule has 4 rings (SSSR count). The van der Waals surface area contributed by atoms with Gasteiger partial charge >= 0.3 is 0 Å². The Kier molecular flexibility index (Phi) is 4.63. The zero-order valence-electron chi connectivity index (χ0n) is 14.8. The first kappa shape index (κ1) is 16.7. The van der Waals surface area contributed by atoms with E-state index >= 15 is 0 Å². The van der Waals surface area contributed by atoms with Crippen LogP contribution in [0, 0.1) is 0 Å². The summed E-state index contributed by atoms with van der Waals surface area (Å²) in [4.78, 5) is 17.1. The van der Waals surface area contributed by atoms with Gasteiger partial charge in [0, 0.05) is 11.7 Å². The number of furan rings is 2. The average molecular weight is 350 g/mol. The number of amides is 1. The Labute approximate surface area is 152 Å². The third-order valence-electron chi connectivity index (χ3n) is 4.75. The summed E-state index contributed by atoms with van der Waals surface area (Å²) in [5.41, 5.74) is 2.26. The minimum atomic E-state index is 0.0977. The lowest BCUT2D eigenvalue weighted by Gasteiger charge is -2.27. The maximum atomic E-state index is 13.1. The summed E-state index contributed by atoms with van der Waals surface area (Å²) < 4.78 is 10.9. The lowest BCUT2D eigenvalue weighted by molar-refractivity contribution is -0.120. The number of fused-ring (bicyclic) bond motifs is 1. The fraction of sp³-hybridized carbons (Fsp3) is 0.286. The molecule has 5 nitrogen and oxygen atoms in total. The van der Waals surface area contributed by atoms with Gasteiger partial charge in [-0.15, -0.1) is 0 Å². The summed E-state index contributed by atoms with van der Waals surface area (Å²) in [5.74, 6) is 1.76. The Morgan fingerprint density at radius 1 is 1.04 bits per heavy atom. The molecule has 0 radical (unpaired) electrons. The fourth-order valence-electron chi connectivity index (χ4n) is 3.63. The molecule has 0 saturated heterocycles. The molecule has 134 valence electrons. The van der Waals surface area contributed by atoms with Crippen molar-refractivity contribution in [1.82, 2.24) is 4.90 Å². The Bertz CT molecular complexity index is 819. The van der Waals surface area contributed by atoms with Gasteiger partial charge in [0.1, 0.15) is 11.5 Å². The van der Waals surface area contributed by atoms with Gasteiger partial charge in [-0.2, -0.15) is 0 Å². The molecule has 1 atom stereocenters. The Morgan fingerprint density at radius 2 is 1.69 bits per heavy atom. The van der Waals surface area contributed by atoms with Gasteiger partial charge in [-0.3, -0.25) is 9.69 Å². The number of benzene rings is 1. The number of carbonyl (C=O) groups is 1. The van der Waals surface area contributed by atoms with Crippen molar-refractivity contribution >= 4 is 11.6 Å². The average Bonchev–Trinajstić information content (AvgIpc) is 3.35. The summed E-state index contributed by atoms with van der Waals surface area (Å²) in [5, 5.41) is 0. The van der Waals surface area contributed by atoms with E-state index in [9.17, 15) is 4.79 Å². The van der Waals surface area contributed by atoms with E-state index in [1.807, 2.05) is 52.3 Å². The van der Waals surface area contributed by atoms with Gasteiger partial charge in [0.25, 0.3) is 0 Å². The molecule has 2 aromatic heterocycles. The van der Waals surface area contributed by atoms with Crippen molar-refractivity contribution in [3.8, 4) is 0 Å². The number of hydrogen-bond donors (Lipinski definition) is 0. The molecule has 3 aromatic rings. The van der Waals surface area contributed by atoms with Gasteiger partial charge in [0.15, 0.2) is 0 Å². The van der Waals surface area contributed by atoms with Crippen LogP contribution in [0.4, 0.5) is 5.69 Å². The summed E-state index contributed by atoms with van der Waals surface area (Å²) in [6.45, 7) is 3.52. The normalized spacial score (nSPS) is 16.2. The van der Waals surface area contributed by atoms with E-state index < -0.39 is 0 Å². The summed E-state index contributed by atoms with van der Waals surface area (Å²) in [6.07, 6.45) is 4.21. The molecule has 0 aliphatic carbocycles. The summed E-state index contributed by atoms with van der Waals surface area (Å²) in [7, 11) is 0. The van der Waals surface area contributed by atoms with Gasteiger partial charge in [-0.1, -0.05) is 18.2 Å². The molecular formula is C21H22N2O3. The largest absolute Gasteiger partial charge is 0.468 e. The first-order chi connectivity index (χ1) is 12.7. The number of anilines is 1. The second-order valence-electron chi connectivity index (χ2n) is 6.75. The summed E-state index contributed by atoms with van der Waals surface area (Å²) in [6, 6.07) is 15.9. The molecule has 0 fully saturated rings. The van der Waals surface area contributed by atoms with Crippen molar-refractivity contribution in [1.29, 1.82) is 0 Å². The van der Waals surface area contributed by atoms with Gasteiger partial charge in [-0.25, -0.2) is 0 Å². The predicted octanol–water partition coefficient (Wildman–Crippen LogP) is 3.85. The standard InChI is InChI=1S/C21H22N2O3/c1-16-12-17-6-2-3-9-20(17)23(16)21(24)15-22(13-18-7-4-10-25-18)14-19-8-5-11-26-19/h2-11,16H,12-15H2,1H3. The quantitative estimate of drug-likeness (QED) is 0.677. The number of hydrogen-bond acceptors (Lipinski definition) is 4. The van der Waals surface area contributed by atoms with Crippen LogP contribution in [0.1, 0.15) is 24.0 Å².